The summed E-state index contributed by atoms with van der Waals surface area (Å²) in [6.45, 7) is 6.01. The maximum Gasteiger partial charge on any atom is 0.220 e. The molecule has 2 nitrogen and oxygen atoms in total. The molecule has 0 aromatic carbocycles. The number of hydrogen-bond donors (Lipinski definition) is 1. The van der Waals surface area contributed by atoms with E-state index < -0.39 is 0 Å². The van der Waals surface area contributed by atoms with Crippen LogP contribution in [0.25, 0.3) is 0 Å². The van der Waals surface area contributed by atoms with Gasteiger partial charge in [-0.1, -0.05) is 65.2 Å². The summed E-state index contributed by atoms with van der Waals surface area (Å²) >= 11 is 0. The minimum Gasteiger partial charge on any atom is -0.369 e. The molecule has 1 amide bonds. The molecule has 0 rings (SSSR count). The van der Waals surface area contributed by atoms with Crippen LogP contribution in [-0.4, -0.2) is 5.91 Å². The van der Waals surface area contributed by atoms with Crippen molar-refractivity contribution in [2.45, 2.75) is 71.1 Å². The third-order valence-electron chi connectivity index (χ3n) is 3.11. The molecule has 0 bridgehead atoms. The molecular formula is C14H28NO. The molecule has 1 radical (unpaired) electrons. The topological polar surface area (TPSA) is 43.1 Å². The Kier molecular flexibility index (Phi) is 10.6. The molecule has 1 unspecified atom stereocenters. The molecule has 0 heterocycles. The predicted molar refractivity (Wildman–Crippen MR) is 69.9 cm³/mol. The molecule has 0 aliphatic rings. The lowest BCUT2D eigenvalue weighted by molar-refractivity contribution is -0.122. The number of primary amides is 1. The molecule has 0 fully saturated rings. The van der Waals surface area contributed by atoms with Crippen LogP contribution in [0.15, 0.2) is 0 Å². The minimum absolute atomic E-state index is 0.105. The van der Waals surface area contributed by atoms with Crippen molar-refractivity contribution < 1.29 is 4.79 Å². The van der Waals surface area contributed by atoms with Crippen molar-refractivity contribution in [1.82, 2.24) is 0 Å². The summed E-state index contributed by atoms with van der Waals surface area (Å²) < 4.78 is 0. The number of nitrogens with two attached hydrogens (primary N) is 1. The summed E-state index contributed by atoms with van der Waals surface area (Å²) in [4.78, 5) is 11.2. The molecule has 2 heteroatoms. The summed E-state index contributed by atoms with van der Waals surface area (Å²) in [5, 5.41) is 0. The number of rotatable bonds is 11. The average molecular weight is 226 g/mol. The summed E-state index contributed by atoms with van der Waals surface area (Å²) in [5.41, 5.74) is 5.41. The van der Waals surface area contributed by atoms with Crippen molar-refractivity contribution in [3.05, 3.63) is 6.92 Å². The Balaban J connectivity index is 3.59. The van der Waals surface area contributed by atoms with E-state index >= 15 is 0 Å². The lowest BCUT2D eigenvalue weighted by atomic mass is 9.94. The van der Waals surface area contributed by atoms with Crippen molar-refractivity contribution >= 4 is 5.91 Å². The Hall–Kier alpha value is -0.530. The van der Waals surface area contributed by atoms with E-state index in [0.717, 1.165) is 32.1 Å². The van der Waals surface area contributed by atoms with Crippen LogP contribution in [-0.2, 0) is 4.79 Å². The highest BCUT2D eigenvalue weighted by molar-refractivity contribution is 5.76. The van der Waals surface area contributed by atoms with Crippen molar-refractivity contribution in [2.24, 2.45) is 11.7 Å². The zero-order chi connectivity index (χ0) is 12.2. The van der Waals surface area contributed by atoms with Gasteiger partial charge in [-0.25, -0.2) is 0 Å². The molecule has 0 aliphatic heterocycles. The van der Waals surface area contributed by atoms with E-state index in [1.807, 2.05) is 0 Å². The van der Waals surface area contributed by atoms with Crippen LogP contribution in [0.2, 0.25) is 0 Å². The van der Waals surface area contributed by atoms with E-state index in [2.05, 4.69) is 13.8 Å². The minimum atomic E-state index is -0.105. The first-order valence-electron chi connectivity index (χ1n) is 6.81. The van der Waals surface area contributed by atoms with Gasteiger partial charge in [0, 0.05) is 5.92 Å². The van der Waals surface area contributed by atoms with Crippen LogP contribution in [0.3, 0.4) is 0 Å². The van der Waals surface area contributed by atoms with Gasteiger partial charge in [-0.15, -0.1) is 0 Å². The normalized spacial score (nSPS) is 10.9. The molecule has 0 aliphatic carbocycles. The Morgan fingerprint density at radius 2 is 1.62 bits per heavy atom. The van der Waals surface area contributed by atoms with Crippen molar-refractivity contribution in [3.63, 3.8) is 0 Å². The summed E-state index contributed by atoms with van der Waals surface area (Å²) in [6, 6.07) is 0. The zero-order valence-electron chi connectivity index (χ0n) is 10.8. The van der Waals surface area contributed by atoms with E-state index in [1.165, 1.54) is 32.1 Å². The van der Waals surface area contributed by atoms with Gasteiger partial charge in [0.15, 0.2) is 0 Å². The van der Waals surface area contributed by atoms with Crippen LogP contribution in [0.1, 0.15) is 71.1 Å². The van der Waals surface area contributed by atoms with E-state index in [0.29, 0.717) is 0 Å². The van der Waals surface area contributed by atoms with Gasteiger partial charge < -0.3 is 5.73 Å². The highest BCUT2D eigenvalue weighted by Gasteiger charge is 2.13. The maximum absolute atomic E-state index is 11.2. The van der Waals surface area contributed by atoms with Crippen LogP contribution in [0.5, 0.6) is 0 Å². The highest BCUT2D eigenvalue weighted by Crippen LogP contribution is 2.17. The lowest BCUT2D eigenvalue weighted by Gasteiger charge is -2.12. The molecule has 0 spiro atoms. The van der Waals surface area contributed by atoms with Crippen molar-refractivity contribution in [3.8, 4) is 0 Å². The van der Waals surface area contributed by atoms with E-state index in [4.69, 9.17) is 5.73 Å². The van der Waals surface area contributed by atoms with Gasteiger partial charge in [0.2, 0.25) is 5.91 Å². The Morgan fingerprint density at radius 3 is 2.06 bits per heavy atom. The molecule has 16 heavy (non-hydrogen) atoms. The predicted octanol–water partition coefficient (Wildman–Crippen LogP) is 3.84. The van der Waals surface area contributed by atoms with Crippen LogP contribution < -0.4 is 5.73 Å². The molecule has 95 valence electrons. The summed E-state index contributed by atoms with van der Waals surface area (Å²) in [5.74, 6) is 0.00722. The molecular weight excluding hydrogens is 198 g/mol. The summed E-state index contributed by atoms with van der Waals surface area (Å²) in [7, 11) is 0. The van der Waals surface area contributed by atoms with Gasteiger partial charge in [0.05, 0.1) is 0 Å². The first kappa shape index (κ1) is 15.5. The first-order chi connectivity index (χ1) is 7.72. The van der Waals surface area contributed by atoms with Gasteiger partial charge in [0.25, 0.3) is 0 Å². The second-order valence-electron chi connectivity index (χ2n) is 4.65. The van der Waals surface area contributed by atoms with Crippen LogP contribution in [0, 0.1) is 12.8 Å². The van der Waals surface area contributed by atoms with E-state index in [1.54, 1.807) is 0 Å². The SMILES string of the molecule is [CH2]CCCCCC(CCCCCC)C(N)=O. The highest BCUT2D eigenvalue weighted by atomic mass is 16.1. The fourth-order valence-electron chi connectivity index (χ4n) is 1.99. The van der Waals surface area contributed by atoms with Crippen molar-refractivity contribution in [1.29, 1.82) is 0 Å². The van der Waals surface area contributed by atoms with Gasteiger partial charge in [-0.2, -0.15) is 0 Å². The average Bonchev–Trinajstić information content (AvgIpc) is 2.26. The molecule has 0 saturated carbocycles. The Bertz CT molecular complexity index is 156. The molecule has 0 saturated heterocycles. The van der Waals surface area contributed by atoms with Gasteiger partial charge in [-0.3, -0.25) is 4.79 Å². The fraction of sp³-hybridized carbons (Fsp3) is 0.857. The third-order valence-corrected chi connectivity index (χ3v) is 3.11. The second kappa shape index (κ2) is 11.0. The standard InChI is InChI=1S/C14H28NO/c1-3-5-7-9-11-13(14(15)16)12-10-8-6-4-2/h13H,1,3-12H2,2H3,(H2,15,16). The van der Waals surface area contributed by atoms with E-state index in [-0.39, 0.29) is 11.8 Å². The largest absolute Gasteiger partial charge is 0.369 e. The quantitative estimate of drug-likeness (QED) is 0.534. The fourth-order valence-corrected chi connectivity index (χ4v) is 1.99. The number of carbonyl (C=O) groups is 1. The Morgan fingerprint density at radius 1 is 1.06 bits per heavy atom. The first-order valence-corrected chi connectivity index (χ1v) is 6.81. The van der Waals surface area contributed by atoms with Gasteiger partial charge >= 0.3 is 0 Å². The second-order valence-corrected chi connectivity index (χ2v) is 4.65. The molecule has 0 aromatic heterocycles. The van der Waals surface area contributed by atoms with Gasteiger partial charge in [0.1, 0.15) is 0 Å². The zero-order valence-corrected chi connectivity index (χ0v) is 10.8. The number of amides is 1. The van der Waals surface area contributed by atoms with Gasteiger partial charge in [-0.05, 0) is 12.8 Å². The van der Waals surface area contributed by atoms with Crippen LogP contribution >= 0.6 is 0 Å². The maximum atomic E-state index is 11.2. The lowest BCUT2D eigenvalue weighted by Crippen LogP contribution is -2.23. The smallest absolute Gasteiger partial charge is 0.220 e. The number of hydrogen-bond acceptors (Lipinski definition) is 1. The Labute approximate surface area is 101 Å². The third kappa shape index (κ3) is 8.75. The number of carbonyl (C=O) groups excluding carboxylic acids is 1. The summed E-state index contributed by atoms with van der Waals surface area (Å²) in [6.07, 6.45) is 11.3. The number of unbranched alkanes of at least 4 members (excludes halogenated alkanes) is 6. The molecule has 0 aromatic rings. The monoisotopic (exact) mass is 226 g/mol. The van der Waals surface area contributed by atoms with E-state index in [9.17, 15) is 4.79 Å². The van der Waals surface area contributed by atoms with Crippen LogP contribution in [0.4, 0.5) is 0 Å². The van der Waals surface area contributed by atoms with Crippen molar-refractivity contribution in [2.75, 3.05) is 0 Å². The molecule has 2 N–H and O–H groups in total. The molecule has 1 atom stereocenters.